The standard InChI is InChI=1S/C20H21N9O/c30-19(26-15-11-22-3-2-18(15)28-9-7-21-8-10-28)14-1-4-25-20(27-14)29-12-16-17(13-29)24-6-5-23-16/h1-6,11,21H,7-10,12-13H2,(H,26,30). The molecule has 1 saturated heterocycles. The molecule has 0 bridgehead atoms. The Hall–Kier alpha value is -3.66. The quantitative estimate of drug-likeness (QED) is 0.654. The molecule has 5 heterocycles. The monoisotopic (exact) mass is 403 g/mol. The van der Waals surface area contributed by atoms with Crippen LogP contribution >= 0.6 is 0 Å². The molecular weight excluding hydrogens is 382 g/mol. The third kappa shape index (κ3) is 3.64. The molecule has 0 unspecified atom stereocenters. The van der Waals surface area contributed by atoms with Crippen LogP contribution in [-0.4, -0.2) is 57.0 Å². The van der Waals surface area contributed by atoms with E-state index in [1.807, 2.05) is 11.0 Å². The average Bonchev–Trinajstić information content (AvgIpc) is 3.25. The Morgan fingerprint density at radius 1 is 0.933 bits per heavy atom. The Labute approximate surface area is 173 Å². The van der Waals surface area contributed by atoms with Crippen molar-refractivity contribution in [1.29, 1.82) is 0 Å². The molecule has 10 heteroatoms. The summed E-state index contributed by atoms with van der Waals surface area (Å²) in [6.07, 6.45) is 8.37. The van der Waals surface area contributed by atoms with Crippen LogP contribution < -0.4 is 20.4 Å². The smallest absolute Gasteiger partial charge is 0.274 e. The van der Waals surface area contributed by atoms with Crippen molar-refractivity contribution in [2.75, 3.05) is 41.3 Å². The average molecular weight is 403 g/mol. The lowest BCUT2D eigenvalue weighted by Gasteiger charge is -2.30. The molecule has 2 N–H and O–H groups in total. The van der Waals surface area contributed by atoms with Crippen LogP contribution in [0.1, 0.15) is 21.9 Å². The zero-order valence-corrected chi connectivity index (χ0v) is 16.3. The first-order chi connectivity index (χ1) is 14.8. The highest BCUT2D eigenvalue weighted by molar-refractivity contribution is 6.04. The van der Waals surface area contributed by atoms with E-state index in [1.165, 1.54) is 0 Å². The van der Waals surface area contributed by atoms with E-state index >= 15 is 0 Å². The third-order valence-electron chi connectivity index (χ3n) is 5.20. The molecule has 0 aliphatic carbocycles. The summed E-state index contributed by atoms with van der Waals surface area (Å²) in [7, 11) is 0. The molecule has 3 aromatic rings. The zero-order chi connectivity index (χ0) is 20.3. The van der Waals surface area contributed by atoms with E-state index in [4.69, 9.17) is 0 Å². The first-order valence-corrected chi connectivity index (χ1v) is 9.86. The van der Waals surface area contributed by atoms with Gasteiger partial charge in [-0.3, -0.25) is 19.7 Å². The summed E-state index contributed by atoms with van der Waals surface area (Å²) in [5.41, 5.74) is 3.75. The second-order valence-electron chi connectivity index (χ2n) is 7.13. The number of carbonyl (C=O) groups is 1. The fourth-order valence-corrected chi connectivity index (χ4v) is 3.70. The van der Waals surface area contributed by atoms with Gasteiger partial charge in [-0.1, -0.05) is 0 Å². The number of rotatable bonds is 4. The van der Waals surface area contributed by atoms with Gasteiger partial charge in [-0.05, 0) is 12.1 Å². The van der Waals surface area contributed by atoms with Gasteiger partial charge in [-0.15, -0.1) is 0 Å². The molecule has 0 spiro atoms. The molecule has 2 aliphatic heterocycles. The van der Waals surface area contributed by atoms with Crippen LogP contribution in [-0.2, 0) is 13.1 Å². The van der Waals surface area contributed by atoms with Crippen LogP contribution in [0.15, 0.2) is 43.1 Å². The summed E-state index contributed by atoms with van der Waals surface area (Å²) < 4.78 is 0. The minimum Gasteiger partial charge on any atom is -0.367 e. The SMILES string of the molecule is O=C(Nc1cnccc1N1CCNCC1)c1ccnc(N2Cc3nccnc3C2)n1. The van der Waals surface area contributed by atoms with Crippen molar-refractivity contribution in [1.82, 2.24) is 30.2 Å². The van der Waals surface area contributed by atoms with Gasteiger partial charge in [0.25, 0.3) is 5.91 Å². The molecule has 0 saturated carbocycles. The minimum absolute atomic E-state index is 0.295. The first-order valence-electron chi connectivity index (χ1n) is 9.86. The molecule has 5 rings (SSSR count). The first kappa shape index (κ1) is 18.4. The lowest BCUT2D eigenvalue weighted by atomic mass is 10.2. The van der Waals surface area contributed by atoms with Gasteiger partial charge in [0.05, 0.1) is 42.0 Å². The Morgan fingerprint density at radius 2 is 1.70 bits per heavy atom. The predicted octanol–water partition coefficient (Wildman–Crippen LogP) is 0.844. The highest BCUT2D eigenvalue weighted by Crippen LogP contribution is 2.26. The Balaban J connectivity index is 1.34. The number of hydrogen-bond acceptors (Lipinski definition) is 9. The molecule has 2 aliphatic rings. The fraction of sp³-hybridized carbons (Fsp3) is 0.300. The third-order valence-corrected chi connectivity index (χ3v) is 5.20. The van der Waals surface area contributed by atoms with Crippen molar-refractivity contribution in [2.45, 2.75) is 13.1 Å². The summed E-state index contributed by atoms with van der Waals surface area (Å²) in [4.78, 5) is 38.8. The highest BCUT2D eigenvalue weighted by Gasteiger charge is 2.24. The molecule has 0 aromatic carbocycles. The van der Waals surface area contributed by atoms with Crippen LogP contribution in [0.4, 0.5) is 17.3 Å². The van der Waals surface area contributed by atoms with Crippen molar-refractivity contribution in [3.05, 3.63) is 60.2 Å². The Kier molecular flexibility index (Phi) is 4.89. The van der Waals surface area contributed by atoms with E-state index in [2.05, 4.69) is 40.5 Å². The molecule has 0 radical (unpaired) electrons. The number of anilines is 3. The number of piperazine rings is 1. The number of fused-ring (bicyclic) bond motifs is 1. The van der Waals surface area contributed by atoms with E-state index in [9.17, 15) is 4.79 Å². The Bertz CT molecular complexity index is 1040. The number of nitrogens with zero attached hydrogens (tertiary/aromatic N) is 7. The number of pyridine rings is 1. The minimum atomic E-state index is -0.295. The van der Waals surface area contributed by atoms with E-state index in [1.54, 1.807) is 37.1 Å². The van der Waals surface area contributed by atoms with Crippen molar-refractivity contribution in [2.24, 2.45) is 0 Å². The van der Waals surface area contributed by atoms with Crippen LogP contribution in [0.5, 0.6) is 0 Å². The summed E-state index contributed by atoms with van der Waals surface area (Å²) in [6, 6.07) is 3.53. The van der Waals surface area contributed by atoms with Crippen molar-refractivity contribution >= 4 is 23.2 Å². The Morgan fingerprint density at radius 3 is 2.47 bits per heavy atom. The van der Waals surface area contributed by atoms with Crippen LogP contribution in [0.2, 0.25) is 0 Å². The van der Waals surface area contributed by atoms with Gasteiger partial charge in [-0.25, -0.2) is 9.97 Å². The molecule has 1 fully saturated rings. The van der Waals surface area contributed by atoms with E-state index < -0.39 is 0 Å². The summed E-state index contributed by atoms with van der Waals surface area (Å²) in [6.45, 7) is 4.72. The molecule has 152 valence electrons. The number of nitrogens with one attached hydrogen (secondary N) is 2. The van der Waals surface area contributed by atoms with Crippen molar-refractivity contribution in [3.63, 3.8) is 0 Å². The fourth-order valence-electron chi connectivity index (χ4n) is 3.70. The topological polar surface area (TPSA) is 112 Å². The highest BCUT2D eigenvalue weighted by atomic mass is 16.1. The second kappa shape index (κ2) is 7.99. The molecular formula is C20H21N9O. The van der Waals surface area contributed by atoms with Gasteiger partial charge in [0.15, 0.2) is 0 Å². The molecule has 10 nitrogen and oxygen atoms in total. The zero-order valence-electron chi connectivity index (χ0n) is 16.3. The maximum Gasteiger partial charge on any atom is 0.274 e. The van der Waals surface area contributed by atoms with Crippen LogP contribution in [0.3, 0.4) is 0 Å². The van der Waals surface area contributed by atoms with Gasteiger partial charge in [-0.2, -0.15) is 0 Å². The summed E-state index contributed by atoms with van der Waals surface area (Å²) >= 11 is 0. The molecule has 3 aromatic heterocycles. The lowest BCUT2D eigenvalue weighted by Crippen LogP contribution is -2.43. The number of amides is 1. The van der Waals surface area contributed by atoms with Crippen LogP contribution in [0.25, 0.3) is 0 Å². The number of carbonyl (C=O) groups excluding carboxylic acids is 1. The predicted molar refractivity (Wildman–Crippen MR) is 111 cm³/mol. The largest absolute Gasteiger partial charge is 0.367 e. The normalized spacial score (nSPS) is 15.7. The van der Waals surface area contributed by atoms with E-state index in [0.717, 1.165) is 43.3 Å². The van der Waals surface area contributed by atoms with Gasteiger partial charge < -0.3 is 20.4 Å². The summed E-state index contributed by atoms with van der Waals surface area (Å²) in [5.74, 6) is 0.187. The summed E-state index contributed by atoms with van der Waals surface area (Å²) in [5, 5.41) is 6.30. The van der Waals surface area contributed by atoms with Gasteiger partial charge in [0, 0.05) is 51.0 Å². The van der Waals surface area contributed by atoms with E-state index in [-0.39, 0.29) is 5.91 Å². The van der Waals surface area contributed by atoms with Gasteiger partial charge >= 0.3 is 0 Å². The van der Waals surface area contributed by atoms with Gasteiger partial charge in [0.2, 0.25) is 5.95 Å². The number of hydrogen-bond donors (Lipinski definition) is 2. The van der Waals surface area contributed by atoms with Crippen molar-refractivity contribution in [3.8, 4) is 0 Å². The molecule has 30 heavy (non-hydrogen) atoms. The maximum atomic E-state index is 12.9. The molecule has 1 amide bonds. The van der Waals surface area contributed by atoms with Crippen molar-refractivity contribution < 1.29 is 4.79 Å². The van der Waals surface area contributed by atoms with Gasteiger partial charge in [0.1, 0.15) is 5.69 Å². The molecule has 0 atom stereocenters. The van der Waals surface area contributed by atoms with E-state index in [0.29, 0.717) is 30.4 Å². The number of aromatic nitrogens is 5. The van der Waals surface area contributed by atoms with Crippen LogP contribution in [0, 0.1) is 0 Å². The maximum absolute atomic E-state index is 12.9. The second-order valence-corrected chi connectivity index (χ2v) is 7.13. The lowest BCUT2D eigenvalue weighted by molar-refractivity contribution is 0.102.